The highest BCUT2D eigenvalue weighted by atomic mass is 16.5. The molecule has 16 heavy (non-hydrogen) atoms. The largest absolute Gasteiger partial charge is 0.493 e. The first kappa shape index (κ1) is 12.4. The fourth-order valence-electron chi connectivity index (χ4n) is 1.21. The maximum Gasteiger partial charge on any atom is 0.143 e. The minimum absolute atomic E-state index is 0.204. The molecule has 0 aliphatic carbocycles. The highest BCUT2D eigenvalue weighted by Crippen LogP contribution is 2.13. The van der Waals surface area contributed by atoms with E-state index in [1.54, 1.807) is 0 Å². The van der Waals surface area contributed by atoms with Crippen LogP contribution in [0.3, 0.4) is 0 Å². The lowest BCUT2D eigenvalue weighted by atomic mass is 10.1. The molecule has 4 nitrogen and oxygen atoms in total. The van der Waals surface area contributed by atoms with Crippen molar-refractivity contribution in [3.63, 3.8) is 0 Å². The number of hydrogen-bond acceptors (Lipinski definition) is 3. The van der Waals surface area contributed by atoms with Crippen LogP contribution < -0.4 is 10.5 Å². The van der Waals surface area contributed by atoms with E-state index in [4.69, 9.17) is 15.7 Å². The summed E-state index contributed by atoms with van der Waals surface area (Å²) >= 11 is 0. The monoisotopic (exact) mass is 222 g/mol. The lowest BCUT2D eigenvalue weighted by Crippen LogP contribution is -2.14. The molecular weight excluding hydrogens is 204 g/mol. The van der Waals surface area contributed by atoms with Crippen LogP contribution in [0.25, 0.3) is 0 Å². The Kier molecular flexibility index (Phi) is 4.64. The van der Waals surface area contributed by atoms with Crippen molar-refractivity contribution in [2.45, 2.75) is 20.3 Å². The Balaban J connectivity index is 2.54. The first-order chi connectivity index (χ1) is 7.61. The molecule has 0 fully saturated rings. The average molecular weight is 222 g/mol. The van der Waals surface area contributed by atoms with Gasteiger partial charge in [-0.1, -0.05) is 31.1 Å². The molecule has 0 heterocycles. The van der Waals surface area contributed by atoms with Crippen molar-refractivity contribution >= 4 is 5.84 Å². The summed E-state index contributed by atoms with van der Waals surface area (Å²) in [6.45, 7) is 4.92. The van der Waals surface area contributed by atoms with Crippen molar-refractivity contribution < 1.29 is 9.94 Å². The van der Waals surface area contributed by atoms with Gasteiger partial charge < -0.3 is 15.7 Å². The van der Waals surface area contributed by atoms with Gasteiger partial charge in [0.2, 0.25) is 0 Å². The van der Waals surface area contributed by atoms with E-state index < -0.39 is 0 Å². The summed E-state index contributed by atoms with van der Waals surface area (Å²) in [5.41, 5.74) is 6.40. The Labute approximate surface area is 95.7 Å². The van der Waals surface area contributed by atoms with Gasteiger partial charge in [-0.3, -0.25) is 0 Å². The van der Waals surface area contributed by atoms with E-state index in [-0.39, 0.29) is 5.84 Å². The van der Waals surface area contributed by atoms with Crippen molar-refractivity contribution in [1.82, 2.24) is 0 Å². The van der Waals surface area contributed by atoms with Gasteiger partial charge in [-0.15, -0.1) is 0 Å². The molecule has 3 N–H and O–H groups in total. The third-order valence-corrected chi connectivity index (χ3v) is 2.02. The van der Waals surface area contributed by atoms with Crippen LogP contribution in [0.2, 0.25) is 0 Å². The lowest BCUT2D eigenvalue weighted by molar-refractivity contribution is 0.271. The lowest BCUT2D eigenvalue weighted by Gasteiger charge is -2.08. The minimum Gasteiger partial charge on any atom is -0.493 e. The van der Waals surface area contributed by atoms with Gasteiger partial charge in [-0.05, 0) is 23.6 Å². The molecule has 0 amide bonds. The summed E-state index contributed by atoms with van der Waals surface area (Å²) in [5.74, 6) is 1.56. The fraction of sp³-hybridized carbons (Fsp3) is 0.417. The predicted molar refractivity (Wildman–Crippen MR) is 63.9 cm³/mol. The van der Waals surface area contributed by atoms with E-state index in [1.807, 2.05) is 24.3 Å². The van der Waals surface area contributed by atoms with Crippen LogP contribution in [0.15, 0.2) is 29.4 Å². The van der Waals surface area contributed by atoms with Crippen LogP contribution in [0.5, 0.6) is 5.75 Å². The Morgan fingerprint density at radius 1 is 1.38 bits per heavy atom. The first-order valence-electron chi connectivity index (χ1n) is 5.30. The topological polar surface area (TPSA) is 67.8 Å². The zero-order valence-corrected chi connectivity index (χ0v) is 9.68. The van der Waals surface area contributed by atoms with E-state index in [2.05, 4.69) is 19.0 Å². The summed E-state index contributed by atoms with van der Waals surface area (Å²) in [6.07, 6.45) is 0.445. The molecule has 0 aliphatic rings. The maximum absolute atomic E-state index is 8.43. The molecule has 1 aromatic carbocycles. The molecule has 1 rings (SSSR count). The summed E-state index contributed by atoms with van der Waals surface area (Å²) in [5, 5.41) is 11.4. The molecule has 0 aliphatic heterocycles. The van der Waals surface area contributed by atoms with Crippen LogP contribution in [-0.4, -0.2) is 17.6 Å². The minimum atomic E-state index is 0.204. The summed E-state index contributed by atoms with van der Waals surface area (Å²) < 4.78 is 5.54. The molecule has 0 bridgehead atoms. The van der Waals surface area contributed by atoms with E-state index in [1.165, 1.54) is 0 Å². The molecule has 0 unspecified atom stereocenters. The number of nitrogens with zero attached hydrogens (tertiary/aromatic N) is 1. The van der Waals surface area contributed by atoms with Crippen molar-refractivity contribution in [2.75, 3.05) is 6.61 Å². The van der Waals surface area contributed by atoms with Gasteiger partial charge in [0, 0.05) is 6.42 Å². The number of oxime groups is 1. The van der Waals surface area contributed by atoms with Gasteiger partial charge in [0.1, 0.15) is 11.6 Å². The number of nitrogens with two attached hydrogens (primary N) is 1. The number of rotatable bonds is 5. The highest BCUT2D eigenvalue weighted by molar-refractivity contribution is 5.81. The number of amidine groups is 1. The van der Waals surface area contributed by atoms with Crippen LogP contribution in [0, 0.1) is 5.92 Å². The Morgan fingerprint density at radius 3 is 2.50 bits per heavy atom. The second kappa shape index (κ2) is 6.00. The zero-order chi connectivity index (χ0) is 12.0. The summed E-state index contributed by atoms with van der Waals surface area (Å²) in [4.78, 5) is 0. The highest BCUT2D eigenvalue weighted by Gasteiger charge is 1.99. The molecule has 4 heteroatoms. The zero-order valence-electron chi connectivity index (χ0n) is 9.68. The molecule has 0 aromatic heterocycles. The fourth-order valence-corrected chi connectivity index (χ4v) is 1.21. The molecule has 0 saturated carbocycles. The van der Waals surface area contributed by atoms with Crippen molar-refractivity contribution in [3.8, 4) is 5.75 Å². The van der Waals surface area contributed by atoms with Crippen molar-refractivity contribution in [2.24, 2.45) is 16.8 Å². The predicted octanol–water partition coefficient (Wildman–Crippen LogP) is 2.01. The van der Waals surface area contributed by atoms with Gasteiger partial charge in [-0.25, -0.2) is 0 Å². The molecule has 0 radical (unpaired) electrons. The summed E-state index contributed by atoms with van der Waals surface area (Å²) in [7, 11) is 0. The van der Waals surface area contributed by atoms with Gasteiger partial charge in [-0.2, -0.15) is 0 Å². The second-order valence-corrected chi connectivity index (χ2v) is 4.12. The molecule has 0 saturated heterocycles. The normalized spacial score (nSPS) is 11.8. The number of benzene rings is 1. The van der Waals surface area contributed by atoms with Gasteiger partial charge in [0.05, 0.1) is 6.61 Å². The second-order valence-electron chi connectivity index (χ2n) is 4.12. The van der Waals surface area contributed by atoms with E-state index in [0.717, 1.165) is 11.3 Å². The number of hydrogen-bond donors (Lipinski definition) is 2. The quantitative estimate of drug-likeness (QED) is 0.346. The Bertz CT molecular complexity index is 345. The third kappa shape index (κ3) is 4.21. The molecular formula is C12H18N2O2. The van der Waals surface area contributed by atoms with Crippen molar-refractivity contribution in [3.05, 3.63) is 29.8 Å². The Hall–Kier alpha value is -1.71. The molecule has 88 valence electrons. The molecule has 0 spiro atoms. The van der Waals surface area contributed by atoms with E-state index in [0.29, 0.717) is 18.9 Å². The number of ether oxygens (including phenoxy) is 1. The smallest absolute Gasteiger partial charge is 0.143 e. The third-order valence-electron chi connectivity index (χ3n) is 2.02. The SMILES string of the molecule is CC(C)COc1ccc(C/C(N)=N/O)cc1. The van der Waals surface area contributed by atoms with Crippen LogP contribution in [-0.2, 0) is 6.42 Å². The standard InChI is InChI=1S/C12H18N2O2/c1-9(2)8-16-11-5-3-10(4-6-11)7-12(13)14-15/h3-6,9,15H,7-8H2,1-2H3,(H2,13,14). The Morgan fingerprint density at radius 2 is 2.00 bits per heavy atom. The summed E-state index contributed by atoms with van der Waals surface area (Å²) in [6, 6.07) is 7.60. The maximum atomic E-state index is 8.43. The van der Waals surface area contributed by atoms with Crippen LogP contribution >= 0.6 is 0 Å². The van der Waals surface area contributed by atoms with E-state index >= 15 is 0 Å². The van der Waals surface area contributed by atoms with Gasteiger partial charge >= 0.3 is 0 Å². The van der Waals surface area contributed by atoms with Gasteiger partial charge in [0.15, 0.2) is 0 Å². The average Bonchev–Trinajstić information content (AvgIpc) is 2.28. The van der Waals surface area contributed by atoms with Crippen molar-refractivity contribution in [1.29, 1.82) is 0 Å². The van der Waals surface area contributed by atoms with Crippen LogP contribution in [0.1, 0.15) is 19.4 Å². The van der Waals surface area contributed by atoms with E-state index in [9.17, 15) is 0 Å². The first-order valence-corrected chi connectivity index (χ1v) is 5.30. The molecule has 1 aromatic rings. The molecule has 0 atom stereocenters. The van der Waals surface area contributed by atoms with Crippen LogP contribution in [0.4, 0.5) is 0 Å². The van der Waals surface area contributed by atoms with Gasteiger partial charge in [0.25, 0.3) is 0 Å².